The van der Waals surface area contributed by atoms with Crippen molar-refractivity contribution in [1.82, 2.24) is 20.1 Å². The molecule has 0 saturated carbocycles. The summed E-state index contributed by atoms with van der Waals surface area (Å²) in [6.07, 6.45) is 3.30. The fraction of sp³-hybridized carbons (Fsp3) is 0.276. The number of amides is 1. The van der Waals surface area contributed by atoms with E-state index < -0.39 is 0 Å². The molecule has 0 radical (unpaired) electrons. The Morgan fingerprint density at radius 1 is 0.972 bits per heavy atom. The molecule has 0 saturated heterocycles. The summed E-state index contributed by atoms with van der Waals surface area (Å²) in [5.74, 6) is 0.862. The average molecular weight is 503 g/mol. The Bertz CT molecular complexity index is 1280. The maximum atomic E-state index is 13.3. The van der Waals surface area contributed by atoms with Crippen LogP contribution < -0.4 is 5.32 Å². The van der Waals surface area contributed by atoms with Crippen molar-refractivity contribution >= 4 is 17.7 Å². The van der Waals surface area contributed by atoms with Crippen molar-refractivity contribution in [3.8, 4) is 5.69 Å². The van der Waals surface area contributed by atoms with Crippen LogP contribution >= 0.6 is 11.8 Å². The lowest BCUT2D eigenvalue weighted by Gasteiger charge is -2.17. The van der Waals surface area contributed by atoms with E-state index in [2.05, 4.69) is 22.4 Å². The van der Waals surface area contributed by atoms with Crippen molar-refractivity contribution in [1.29, 1.82) is 0 Å². The Kier molecular flexibility index (Phi) is 8.54. The second-order valence-electron chi connectivity index (χ2n) is 8.92. The summed E-state index contributed by atoms with van der Waals surface area (Å²) in [5, 5.41) is 12.7. The molecule has 7 heteroatoms. The number of thioether (sulfide) groups is 1. The van der Waals surface area contributed by atoms with Crippen LogP contribution in [0.5, 0.6) is 0 Å². The van der Waals surface area contributed by atoms with E-state index in [-0.39, 0.29) is 17.8 Å². The summed E-state index contributed by atoms with van der Waals surface area (Å²) in [6, 6.07) is 22.0. The molecule has 0 fully saturated rings. The first-order chi connectivity index (χ1) is 17.4. The molecule has 0 bridgehead atoms. The van der Waals surface area contributed by atoms with Gasteiger partial charge >= 0.3 is 0 Å². The molecule has 5 nitrogen and oxygen atoms in total. The van der Waals surface area contributed by atoms with E-state index in [9.17, 15) is 9.18 Å². The topological polar surface area (TPSA) is 59.8 Å². The Labute approximate surface area is 216 Å². The van der Waals surface area contributed by atoms with Crippen molar-refractivity contribution in [3.05, 3.63) is 107 Å². The van der Waals surface area contributed by atoms with Gasteiger partial charge in [0.1, 0.15) is 5.82 Å². The van der Waals surface area contributed by atoms with E-state index in [1.54, 1.807) is 12.1 Å². The molecule has 4 aromatic rings. The van der Waals surface area contributed by atoms with Gasteiger partial charge in [0.2, 0.25) is 0 Å². The first-order valence-corrected chi connectivity index (χ1v) is 13.2. The van der Waals surface area contributed by atoms with E-state index >= 15 is 0 Å². The fourth-order valence-corrected chi connectivity index (χ4v) is 4.78. The van der Waals surface area contributed by atoms with Crippen LogP contribution in [0.15, 0.2) is 78.0 Å². The van der Waals surface area contributed by atoms with Crippen molar-refractivity contribution < 1.29 is 9.18 Å². The number of unbranched alkanes of at least 4 members (excludes halogenated alkanes) is 1. The Hall–Kier alpha value is -3.45. The number of aromatic nitrogens is 3. The third kappa shape index (κ3) is 6.40. The molecule has 0 aliphatic carbocycles. The van der Waals surface area contributed by atoms with Crippen LogP contribution in [-0.4, -0.2) is 20.7 Å². The molecule has 0 aliphatic rings. The molecule has 4 rings (SSSR count). The minimum atomic E-state index is -0.369. The first kappa shape index (κ1) is 25.6. The average Bonchev–Trinajstić information content (AvgIpc) is 3.32. The number of benzene rings is 3. The Morgan fingerprint density at radius 2 is 1.64 bits per heavy atom. The highest BCUT2D eigenvalue weighted by molar-refractivity contribution is 7.98. The van der Waals surface area contributed by atoms with Gasteiger partial charge in [0, 0.05) is 17.0 Å². The number of rotatable bonds is 10. The molecule has 0 spiro atoms. The van der Waals surface area contributed by atoms with E-state index in [1.165, 1.54) is 29.5 Å². The maximum absolute atomic E-state index is 13.3. The zero-order chi connectivity index (χ0) is 25.5. The molecule has 36 heavy (non-hydrogen) atoms. The van der Waals surface area contributed by atoms with Gasteiger partial charge in [-0.25, -0.2) is 4.39 Å². The minimum absolute atomic E-state index is 0.150. The number of nitrogens with zero attached hydrogens (tertiary/aromatic N) is 3. The molecule has 1 atom stereocenters. The summed E-state index contributed by atoms with van der Waals surface area (Å²) >= 11 is 1.52. The number of hydrogen-bond donors (Lipinski definition) is 1. The third-order valence-electron chi connectivity index (χ3n) is 6.00. The van der Waals surface area contributed by atoms with E-state index in [1.807, 2.05) is 66.9 Å². The summed E-state index contributed by atoms with van der Waals surface area (Å²) in [4.78, 5) is 13.0. The van der Waals surface area contributed by atoms with Crippen LogP contribution in [0.2, 0.25) is 0 Å². The second kappa shape index (κ2) is 12.0. The fourth-order valence-electron chi connectivity index (χ4n) is 3.87. The Morgan fingerprint density at radius 3 is 2.31 bits per heavy atom. The normalized spacial score (nSPS) is 11.9. The quantitative estimate of drug-likeness (QED) is 0.241. The molecule has 3 aromatic carbocycles. The predicted molar refractivity (Wildman–Crippen MR) is 143 cm³/mol. The lowest BCUT2D eigenvalue weighted by atomic mass is 10.1. The monoisotopic (exact) mass is 502 g/mol. The van der Waals surface area contributed by atoms with Gasteiger partial charge < -0.3 is 5.32 Å². The third-order valence-corrected chi connectivity index (χ3v) is 7.00. The van der Waals surface area contributed by atoms with Gasteiger partial charge in [-0.05, 0) is 74.2 Å². The Balaban J connectivity index is 1.55. The summed E-state index contributed by atoms with van der Waals surface area (Å²) in [6.45, 7) is 6.12. The van der Waals surface area contributed by atoms with Crippen molar-refractivity contribution in [2.45, 2.75) is 57.0 Å². The molecule has 0 aliphatic heterocycles. The highest BCUT2D eigenvalue weighted by atomic mass is 32.2. The molecular formula is C29H31FN4OS. The van der Waals surface area contributed by atoms with Gasteiger partial charge in [-0.2, -0.15) is 0 Å². The number of hydrogen-bond acceptors (Lipinski definition) is 4. The van der Waals surface area contributed by atoms with E-state index in [0.717, 1.165) is 36.1 Å². The van der Waals surface area contributed by atoms with E-state index in [0.29, 0.717) is 22.3 Å². The maximum Gasteiger partial charge on any atom is 0.251 e. The largest absolute Gasteiger partial charge is 0.342 e. The van der Waals surface area contributed by atoms with Crippen LogP contribution in [0.25, 0.3) is 5.69 Å². The van der Waals surface area contributed by atoms with Gasteiger partial charge in [-0.1, -0.05) is 67.1 Å². The second-order valence-corrected chi connectivity index (χ2v) is 9.86. The van der Waals surface area contributed by atoms with Crippen molar-refractivity contribution in [3.63, 3.8) is 0 Å². The standard InChI is InChI=1S/C29H31FN4OS/c1-4-5-6-22-9-13-24(14-10-22)28(35)31-21(3)27-32-33-29(34(27)26-17-7-20(2)8-18-26)36-19-23-11-15-25(30)16-12-23/h7-18,21H,4-6,19H2,1-3H3,(H,31,35). The van der Waals surface area contributed by atoms with Crippen LogP contribution in [-0.2, 0) is 12.2 Å². The number of aryl methyl sites for hydroxylation is 2. The van der Waals surface area contributed by atoms with E-state index in [4.69, 9.17) is 0 Å². The molecule has 186 valence electrons. The summed E-state index contributed by atoms with van der Waals surface area (Å²) in [7, 11) is 0. The molecule has 1 amide bonds. The molecule has 1 heterocycles. The number of carbonyl (C=O) groups is 1. The van der Waals surface area contributed by atoms with Gasteiger partial charge in [0.25, 0.3) is 5.91 Å². The van der Waals surface area contributed by atoms with Crippen LogP contribution in [0.4, 0.5) is 4.39 Å². The number of halogens is 1. The summed E-state index contributed by atoms with van der Waals surface area (Å²) in [5.41, 5.74) is 4.92. The van der Waals surface area contributed by atoms with Crippen LogP contribution in [0.1, 0.15) is 65.6 Å². The van der Waals surface area contributed by atoms with Crippen LogP contribution in [0, 0.1) is 12.7 Å². The van der Waals surface area contributed by atoms with Gasteiger partial charge in [0.05, 0.1) is 6.04 Å². The number of carbonyl (C=O) groups excluding carboxylic acids is 1. The minimum Gasteiger partial charge on any atom is -0.342 e. The highest BCUT2D eigenvalue weighted by Gasteiger charge is 2.21. The first-order valence-electron chi connectivity index (χ1n) is 12.2. The lowest BCUT2D eigenvalue weighted by Crippen LogP contribution is -2.28. The zero-order valence-electron chi connectivity index (χ0n) is 20.9. The lowest BCUT2D eigenvalue weighted by molar-refractivity contribution is 0.0938. The predicted octanol–water partition coefficient (Wildman–Crippen LogP) is 6.84. The smallest absolute Gasteiger partial charge is 0.251 e. The van der Waals surface area contributed by atoms with Crippen molar-refractivity contribution in [2.75, 3.05) is 0 Å². The van der Waals surface area contributed by atoms with Gasteiger partial charge in [0.15, 0.2) is 11.0 Å². The SMILES string of the molecule is CCCCc1ccc(C(=O)NC(C)c2nnc(SCc3ccc(F)cc3)n2-c2ccc(C)cc2)cc1. The number of nitrogens with one attached hydrogen (secondary N) is 1. The molecule has 1 aromatic heterocycles. The molecule has 1 N–H and O–H groups in total. The molecule has 1 unspecified atom stereocenters. The van der Waals surface area contributed by atoms with Gasteiger partial charge in [-0.3, -0.25) is 9.36 Å². The van der Waals surface area contributed by atoms with Gasteiger partial charge in [-0.15, -0.1) is 10.2 Å². The summed E-state index contributed by atoms with van der Waals surface area (Å²) < 4.78 is 15.3. The zero-order valence-corrected chi connectivity index (χ0v) is 21.7. The highest BCUT2D eigenvalue weighted by Crippen LogP contribution is 2.28. The van der Waals surface area contributed by atoms with Crippen molar-refractivity contribution in [2.24, 2.45) is 0 Å². The van der Waals surface area contributed by atoms with Crippen LogP contribution in [0.3, 0.4) is 0 Å². The molecular weight excluding hydrogens is 471 g/mol.